The lowest BCUT2D eigenvalue weighted by Gasteiger charge is -2.35. The average Bonchev–Trinajstić information content (AvgIpc) is 3.44. The molecule has 7 atom stereocenters. The normalized spacial score (nSPS) is 27.6. The Kier molecular flexibility index (Phi) is 11.2. The van der Waals surface area contributed by atoms with E-state index >= 15 is 0 Å². The molecule has 2 amide bonds. The van der Waals surface area contributed by atoms with E-state index in [4.69, 9.17) is 19.5 Å². The van der Waals surface area contributed by atoms with Gasteiger partial charge in [-0.15, -0.1) is 11.8 Å². The lowest BCUT2D eigenvalue weighted by molar-refractivity contribution is -0.155. The molecule has 0 radical (unpaired) electrons. The third kappa shape index (κ3) is 7.69. The minimum atomic E-state index is -0.802. The highest BCUT2D eigenvalue weighted by Crippen LogP contribution is 2.46. The number of methoxy groups -OCH3 is 1. The number of nitrogens with zero attached hydrogens (tertiary/aromatic N) is 4. The highest BCUT2D eigenvalue weighted by molar-refractivity contribution is 8.14. The SMILES string of the molecule is CNCCn1c(-c2cccnc2[C@H](C)OC)c2c3cc(ccc31)C1CSC(=N1)C[C@H](NC(=O)[C@H]1[C@H](C)[C@@H]1C)C(=O)N1CCC[C@H](N1)C(=O)OCC(C)(C)C2. The lowest BCUT2D eigenvalue weighted by atomic mass is 9.84. The van der Waals surface area contributed by atoms with E-state index < -0.39 is 17.5 Å². The van der Waals surface area contributed by atoms with Crippen molar-refractivity contribution in [3.63, 3.8) is 0 Å². The number of aliphatic imine (C=N–C) groups is 1. The van der Waals surface area contributed by atoms with Crippen LogP contribution in [0.5, 0.6) is 0 Å². The molecule has 3 aromatic rings. The monoisotopic (exact) mass is 757 g/mol. The van der Waals surface area contributed by atoms with Crippen LogP contribution in [0.25, 0.3) is 22.2 Å². The van der Waals surface area contributed by atoms with Crippen molar-refractivity contribution in [2.75, 3.05) is 39.6 Å². The van der Waals surface area contributed by atoms with E-state index in [9.17, 15) is 14.4 Å². The second-order valence-electron chi connectivity index (χ2n) is 16.3. The van der Waals surface area contributed by atoms with Gasteiger partial charge >= 0.3 is 5.97 Å². The summed E-state index contributed by atoms with van der Waals surface area (Å²) < 4.78 is 14.3. The Morgan fingerprint density at radius 3 is 2.74 bits per heavy atom. The van der Waals surface area contributed by atoms with Crippen LogP contribution in [0.2, 0.25) is 0 Å². The number of pyridine rings is 1. The molecule has 1 saturated carbocycles. The van der Waals surface area contributed by atoms with Gasteiger partial charge in [0.1, 0.15) is 12.1 Å². The molecule has 1 unspecified atom stereocenters. The molecule has 5 heterocycles. The van der Waals surface area contributed by atoms with Gasteiger partial charge in [-0.05, 0) is 80.5 Å². The van der Waals surface area contributed by atoms with Crippen LogP contribution in [0.15, 0.2) is 41.5 Å². The predicted molar refractivity (Wildman–Crippen MR) is 212 cm³/mol. The van der Waals surface area contributed by atoms with Crippen molar-refractivity contribution >= 4 is 45.5 Å². The molecule has 6 bridgehead atoms. The molecule has 7 rings (SSSR count). The Balaban J connectivity index is 1.35. The molecule has 290 valence electrons. The molecule has 1 aromatic carbocycles. The number of rotatable bonds is 8. The van der Waals surface area contributed by atoms with Crippen LogP contribution in [0.4, 0.5) is 0 Å². The van der Waals surface area contributed by atoms with Gasteiger partial charge in [-0.25, -0.2) is 5.43 Å². The van der Waals surface area contributed by atoms with E-state index in [0.717, 1.165) is 62.9 Å². The molecule has 2 fully saturated rings. The van der Waals surface area contributed by atoms with E-state index in [1.54, 1.807) is 18.9 Å². The zero-order valence-electron chi connectivity index (χ0n) is 32.6. The molecular formula is C41H55N7O5S. The highest BCUT2D eigenvalue weighted by atomic mass is 32.2. The Hall–Kier alpha value is -3.78. The van der Waals surface area contributed by atoms with E-state index in [-0.39, 0.29) is 54.3 Å². The number of thioether (sulfide) groups is 1. The van der Waals surface area contributed by atoms with Crippen molar-refractivity contribution in [3.05, 3.63) is 53.3 Å². The standard InChI is InChI=1S/C41H55N7O5S/c1-23-24(2)35(23)38(49)45-31-19-34-44-32(21-54-34)26-12-13-33-28(18-26)29(20-41(4,5)22-53-40(51)30-11-9-16-48(46-30)39(31)50)37(47(33)17-15-42-6)27-10-8-14-43-36(27)25(3)52-7/h8,10,12-14,18,23-25,30-32,35,42,46H,9,11,15-17,19-22H2,1-7H3,(H,45,49)/t23-,24+,25-,30-,31-,32?,35+/m0/s1. The van der Waals surface area contributed by atoms with E-state index in [1.807, 2.05) is 26.2 Å². The van der Waals surface area contributed by atoms with Crippen LogP contribution < -0.4 is 16.1 Å². The second-order valence-corrected chi connectivity index (χ2v) is 17.4. The summed E-state index contributed by atoms with van der Waals surface area (Å²) in [6.07, 6.45) is 3.70. The Labute approximate surface area is 322 Å². The van der Waals surface area contributed by atoms with Crippen LogP contribution >= 0.6 is 11.8 Å². The number of fused-ring (bicyclic) bond motifs is 5. The molecule has 3 aliphatic heterocycles. The molecule has 13 heteroatoms. The van der Waals surface area contributed by atoms with E-state index in [2.05, 4.69) is 72.6 Å². The summed E-state index contributed by atoms with van der Waals surface area (Å²) in [7, 11) is 3.67. The van der Waals surface area contributed by atoms with Gasteiger partial charge in [-0.3, -0.25) is 29.4 Å². The first-order valence-corrected chi connectivity index (χ1v) is 20.4. The molecule has 2 aromatic heterocycles. The van der Waals surface area contributed by atoms with Crippen molar-refractivity contribution in [2.24, 2.45) is 28.2 Å². The highest BCUT2D eigenvalue weighted by Gasteiger charge is 2.49. The van der Waals surface area contributed by atoms with Gasteiger partial charge in [0.05, 0.1) is 35.2 Å². The minimum Gasteiger partial charge on any atom is -0.464 e. The number of benzene rings is 1. The van der Waals surface area contributed by atoms with Crippen molar-refractivity contribution in [3.8, 4) is 11.3 Å². The number of aromatic nitrogens is 2. The van der Waals surface area contributed by atoms with Gasteiger partial charge in [-0.2, -0.15) is 0 Å². The summed E-state index contributed by atoms with van der Waals surface area (Å²) >= 11 is 1.65. The average molecular weight is 758 g/mol. The summed E-state index contributed by atoms with van der Waals surface area (Å²) in [5.41, 5.74) is 9.06. The van der Waals surface area contributed by atoms with Crippen molar-refractivity contribution < 1.29 is 23.9 Å². The van der Waals surface area contributed by atoms with Crippen LogP contribution in [0.3, 0.4) is 0 Å². The van der Waals surface area contributed by atoms with Gasteiger partial charge in [0, 0.05) is 72.9 Å². The molecule has 4 aliphatic rings. The first kappa shape index (κ1) is 38.5. The van der Waals surface area contributed by atoms with Gasteiger partial charge in [0.15, 0.2) is 0 Å². The topological polar surface area (TPSA) is 139 Å². The summed E-state index contributed by atoms with van der Waals surface area (Å²) in [5, 5.41) is 9.92. The molecule has 54 heavy (non-hydrogen) atoms. The smallest absolute Gasteiger partial charge is 0.324 e. The number of carbonyl (C=O) groups is 3. The fraction of sp³-hybridized carbons (Fsp3) is 0.585. The fourth-order valence-corrected chi connectivity index (χ4v) is 9.44. The maximum absolute atomic E-state index is 14.1. The number of cyclic esters (lactones) is 1. The first-order valence-electron chi connectivity index (χ1n) is 19.4. The van der Waals surface area contributed by atoms with Crippen molar-refractivity contribution in [2.45, 2.75) is 91.1 Å². The maximum Gasteiger partial charge on any atom is 0.324 e. The molecular weight excluding hydrogens is 703 g/mol. The van der Waals surface area contributed by atoms with Gasteiger partial charge in [0.25, 0.3) is 5.91 Å². The number of ether oxygens (including phenoxy) is 2. The minimum absolute atomic E-state index is 0.0981. The molecule has 1 saturated heterocycles. The Morgan fingerprint density at radius 2 is 2.00 bits per heavy atom. The largest absolute Gasteiger partial charge is 0.464 e. The zero-order chi connectivity index (χ0) is 38.3. The van der Waals surface area contributed by atoms with E-state index in [1.165, 1.54) is 5.01 Å². The number of hydrogen-bond donors (Lipinski definition) is 3. The Morgan fingerprint density at radius 1 is 1.20 bits per heavy atom. The van der Waals surface area contributed by atoms with Crippen LogP contribution in [-0.4, -0.2) is 89.1 Å². The van der Waals surface area contributed by atoms with Crippen LogP contribution in [-0.2, 0) is 36.8 Å². The van der Waals surface area contributed by atoms with Crippen LogP contribution in [0, 0.1) is 23.2 Å². The summed E-state index contributed by atoms with van der Waals surface area (Å²) in [5.74, 6) is 0.450. The molecule has 3 N–H and O–H groups in total. The summed E-state index contributed by atoms with van der Waals surface area (Å²) in [6, 6.07) is 9.19. The fourth-order valence-electron chi connectivity index (χ4n) is 8.33. The number of carbonyl (C=O) groups excluding carboxylic acids is 3. The quantitative estimate of drug-likeness (QED) is 0.264. The van der Waals surface area contributed by atoms with Gasteiger partial charge in [0.2, 0.25) is 5.91 Å². The molecule has 12 nitrogen and oxygen atoms in total. The third-order valence-corrected chi connectivity index (χ3v) is 12.9. The van der Waals surface area contributed by atoms with Crippen molar-refractivity contribution in [1.29, 1.82) is 0 Å². The van der Waals surface area contributed by atoms with Gasteiger partial charge in [-0.1, -0.05) is 33.8 Å². The number of hydrogen-bond acceptors (Lipinski definition) is 10. The number of esters is 1. The summed E-state index contributed by atoms with van der Waals surface area (Å²) in [6.45, 7) is 12.6. The zero-order valence-corrected chi connectivity index (χ0v) is 33.4. The maximum atomic E-state index is 14.1. The number of hydrazine groups is 1. The number of likely N-dealkylation sites (N-methyl/N-ethyl adjacent to an activating group) is 1. The van der Waals surface area contributed by atoms with Crippen molar-refractivity contribution in [1.82, 2.24) is 30.6 Å². The van der Waals surface area contributed by atoms with Crippen LogP contribution in [0.1, 0.15) is 82.8 Å². The predicted octanol–water partition coefficient (Wildman–Crippen LogP) is 5.21. The number of amides is 2. The summed E-state index contributed by atoms with van der Waals surface area (Å²) in [4.78, 5) is 51.3. The number of nitrogens with one attached hydrogen (secondary N) is 3. The van der Waals surface area contributed by atoms with E-state index in [0.29, 0.717) is 32.2 Å². The van der Waals surface area contributed by atoms with Gasteiger partial charge < -0.3 is 24.7 Å². The molecule has 0 spiro atoms. The lowest BCUT2D eigenvalue weighted by Crippen LogP contribution is -2.60. The molecule has 1 aliphatic carbocycles. The third-order valence-electron chi connectivity index (χ3n) is 11.8. The first-order chi connectivity index (χ1) is 25.9. The Bertz CT molecular complexity index is 1940. The second kappa shape index (κ2) is 15.8.